The van der Waals surface area contributed by atoms with Crippen molar-refractivity contribution in [2.45, 2.75) is 36.7 Å². The van der Waals surface area contributed by atoms with E-state index in [1.807, 2.05) is 35.2 Å². The van der Waals surface area contributed by atoms with E-state index in [4.69, 9.17) is 11.6 Å². The number of piperidine rings is 1. The summed E-state index contributed by atoms with van der Waals surface area (Å²) >= 11 is 5.85. The van der Waals surface area contributed by atoms with Gasteiger partial charge in [0.1, 0.15) is 6.04 Å². The number of nitrogens with one attached hydrogen (secondary N) is 3. The van der Waals surface area contributed by atoms with E-state index in [1.54, 1.807) is 6.92 Å². The van der Waals surface area contributed by atoms with Crippen LogP contribution in [0.4, 0.5) is 4.79 Å². The average Bonchev–Trinajstić information content (AvgIpc) is 2.76. The third-order valence-corrected chi connectivity index (χ3v) is 7.07. The normalized spacial score (nSPS) is 16.3. The zero-order valence-electron chi connectivity index (χ0n) is 17.8. The van der Waals surface area contributed by atoms with Crippen LogP contribution in [0.25, 0.3) is 0 Å². The molecule has 0 saturated carbocycles. The van der Waals surface area contributed by atoms with Gasteiger partial charge in [0.25, 0.3) is 0 Å². The highest BCUT2D eigenvalue weighted by atomic mass is 35.5. The molecule has 1 saturated heterocycles. The lowest BCUT2D eigenvalue weighted by atomic mass is 9.99. The molecular formula is C22H27ClN4O4S. The summed E-state index contributed by atoms with van der Waals surface area (Å²) in [6, 6.07) is 13.8. The number of imide groups is 1. The second-order valence-electron chi connectivity index (χ2n) is 7.55. The van der Waals surface area contributed by atoms with E-state index in [-0.39, 0.29) is 10.9 Å². The van der Waals surface area contributed by atoms with Crippen LogP contribution in [0.1, 0.15) is 31.4 Å². The molecule has 1 aliphatic heterocycles. The number of likely N-dealkylation sites (tertiary alicyclic amines) is 1. The topological polar surface area (TPSA) is 108 Å². The smallest absolute Gasteiger partial charge is 0.321 e. The third kappa shape index (κ3) is 6.29. The Morgan fingerprint density at radius 2 is 1.69 bits per heavy atom. The molecule has 0 aromatic heterocycles. The van der Waals surface area contributed by atoms with Gasteiger partial charge in [-0.2, -0.15) is 0 Å². The molecule has 2 aromatic rings. The summed E-state index contributed by atoms with van der Waals surface area (Å²) in [5.41, 5.74) is 0.773. The van der Waals surface area contributed by atoms with Crippen LogP contribution in [0.2, 0.25) is 5.02 Å². The summed E-state index contributed by atoms with van der Waals surface area (Å²) in [6.45, 7) is 3.18. The Kier molecular flexibility index (Phi) is 8.25. The fourth-order valence-corrected chi connectivity index (χ4v) is 5.16. The maximum atomic E-state index is 12.9. The predicted octanol–water partition coefficient (Wildman–Crippen LogP) is 2.67. The fraction of sp³-hybridized carbons (Fsp3) is 0.364. The van der Waals surface area contributed by atoms with Gasteiger partial charge in [0.15, 0.2) is 0 Å². The molecule has 1 atom stereocenters. The zero-order valence-corrected chi connectivity index (χ0v) is 19.3. The van der Waals surface area contributed by atoms with Gasteiger partial charge in [0.05, 0.1) is 4.90 Å². The summed E-state index contributed by atoms with van der Waals surface area (Å²) in [4.78, 5) is 26.9. The molecule has 3 rings (SSSR count). The quantitative estimate of drug-likeness (QED) is 0.567. The first-order chi connectivity index (χ1) is 15.3. The van der Waals surface area contributed by atoms with Crippen LogP contribution in [-0.4, -0.2) is 50.9 Å². The van der Waals surface area contributed by atoms with Crippen LogP contribution in [-0.2, 0) is 14.8 Å². The minimum atomic E-state index is -3.66. The van der Waals surface area contributed by atoms with Gasteiger partial charge in [0.2, 0.25) is 15.9 Å². The Morgan fingerprint density at radius 1 is 1.06 bits per heavy atom. The van der Waals surface area contributed by atoms with Gasteiger partial charge >= 0.3 is 6.03 Å². The van der Waals surface area contributed by atoms with Crippen molar-refractivity contribution in [3.05, 3.63) is 65.2 Å². The molecule has 0 radical (unpaired) electrons. The van der Waals surface area contributed by atoms with Crippen molar-refractivity contribution < 1.29 is 18.0 Å². The van der Waals surface area contributed by atoms with Crippen LogP contribution < -0.4 is 15.4 Å². The largest absolute Gasteiger partial charge is 0.338 e. The molecule has 1 aliphatic rings. The first-order valence-electron chi connectivity index (χ1n) is 10.5. The number of hydrogen-bond donors (Lipinski definition) is 3. The summed E-state index contributed by atoms with van der Waals surface area (Å²) in [7, 11) is -3.66. The SMILES string of the molecule is CCNC(=O)NC(=O)C(c1ccccc1)N1CCC(NS(=O)(=O)c2ccc(Cl)cc2)CC1. The number of benzene rings is 2. The van der Waals surface area contributed by atoms with Crippen molar-refractivity contribution in [2.75, 3.05) is 19.6 Å². The highest BCUT2D eigenvalue weighted by Gasteiger charge is 2.33. The highest BCUT2D eigenvalue weighted by Crippen LogP contribution is 2.26. The Bertz CT molecular complexity index is 1020. The van der Waals surface area contributed by atoms with Gasteiger partial charge in [0, 0.05) is 30.7 Å². The third-order valence-electron chi connectivity index (χ3n) is 5.28. The first kappa shape index (κ1) is 24.2. The molecular weight excluding hydrogens is 452 g/mol. The second-order valence-corrected chi connectivity index (χ2v) is 9.70. The number of rotatable bonds is 7. The summed E-state index contributed by atoms with van der Waals surface area (Å²) in [5.74, 6) is -0.414. The van der Waals surface area contributed by atoms with Crippen molar-refractivity contribution in [3.8, 4) is 0 Å². The Morgan fingerprint density at radius 3 is 2.28 bits per heavy atom. The lowest BCUT2D eigenvalue weighted by Crippen LogP contribution is -2.50. The summed E-state index contributed by atoms with van der Waals surface area (Å²) < 4.78 is 28.1. The van der Waals surface area contributed by atoms with Crippen LogP contribution in [0.5, 0.6) is 0 Å². The number of hydrogen-bond acceptors (Lipinski definition) is 5. The lowest BCUT2D eigenvalue weighted by Gasteiger charge is -2.37. The van der Waals surface area contributed by atoms with Crippen molar-refractivity contribution in [2.24, 2.45) is 0 Å². The molecule has 0 spiro atoms. The molecule has 1 unspecified atom stereocenters. The summed E-state index contributed by atoms with van der Waals surface area (Å²) in [5, 5.41) is 5.43. The number of sulfonamides is 1. The van der Waals surface area contributed by atoms with Crippen LogP contribution in [0.15, 0.2) is 59.5 Å². The van der Waals surface area contributed by atoms with E-state index < -0.39 is 28.0 Å². The lowest BCUT2D eigenvalue weighted by molar-refractivity contribution is -0.126. The van der Waals surface area contributed by atoms with E-state index in [0.717, 1.165) is 5.56 Å². The standard InChI is InChI=1S/C22H27ClN4O4S/c1-2-24-22(29)25-21(28)20(16-6-4-3-5-7-16)27-14-12-18(13-15-27)26-32(30,31)19-10-8-17(23)9-11-19/h3-11,18,20,26H,2,12-15H2,1H3,(H2,24,25,28,29). The van der Waals surface area contributed by atoms with Gasteiger partial charge in [-0.1, -0.05) is 41.9 Å². The number of halogens is 1. The second kappa shape index (κ2) is 10.9. The maximum Gasteiger partial charge on any atom is 0.321 e. The number of amides is 3. The van der Waals surface area contributed by atoms with Gasteiger partial charge in [-0.05, 0) is 49.6 Å². The monoisotopic (exact) mass is 478 g/mol. The van der Waals surface area contributed by atoms with Gasteiger partial charge < -0.3 is 5.32 Å². The van der Waals surface area contributed by atoms with Crippen molar-refractivity contribution in [1.82, 2.24) is 20.3 Å². The Labute approximate surface area is 193 Å². The number of carbonyl (C=O) groups is 2. The molecule has 3 amide bonds. The molecule has 1 fully saturated rings. The molecule has 172 valence electrons. The van der Waals surface area contributed by atoms with E-state index in [1.165, 1.54) is 24.3 Å². The molecule has 2 aromatic carbocycles. The minimum absolute atomic E-state index is 0.160. The molecule has 3 N–H and O–H groups in total. The maximum absolute atomic E-state index is 12.9. The zero-order chi connectivity index (χ0) is 23.1. The van der Waals surface area contributed by atoms with Gasteiger partial charge in [-0.3, -0.25) is 15.0 Å². The van der Waals surface area contributed by atoms with E-state index in [9.17, 15) is 18.0 Å². The molecule has 32 heavy (non-hydrogen) atoms. The Balaban J connectivity index is 1.67. The van der Waals surface area contributed by atoms with E-state index in [2.05, 4.69) is 15.4 Å². The Hall–Kier alpha value is -2.46. The molecule has 0 aliphatic carbocycles. The molecule has 1 heterocycles. The number of carbonyl (C=O) groups excluding carboxylic acids is 2. The van der Waals surface area contributed by atoms with Crippen LogP contribution in [0, 0.1) is 0 Å². The van der Waals surface area contributed by atoms with Gasteiger partial charge in [-0.15, -0.1) is 0 Å². The fourth-order valence-electron chi connectivity index (χ4n) is 3.73. The molecule has 10 heteroatoms. The van der Waals surface area contributed by atoms with E-state index >= 15 is 0 Å². The first-order valence-corrected chi connectivity index (χ1v) is 12.3. The van der Waals surface area contributed by atoms with Crippen molar-refractivity contribution in [1.29, 1.82) is 0 Å². The van der Waals surface area contributed by atoms with Gasteiger partial charge in [-0.25, -0.2) is 17.9 Å². The average molecular weight is 479 g/mol. The highest BCUT2D eigenvalue weighted by molar-refractivity contribution is 7.89. The van der Waals surface area contributed by atoms with Crippen molar-refractivity contribution in [3.63, 3.8) is 0 Å². The summed E-state index contributed by atoms with van der Waals surface area (Å²) in [6.07, 6.45) is 1.06. The minimum Gasteiger partial charge on any atom is -0.338 e. The van der Waals surface area contributed by atoms with Crippen LogP contribution >= 0.6 is 11.6 Å². The molecule has 8 nitrogen and oxygen atoms in total. The van der Waals surface area contributed by atoms with Crippen LogP contribution in [0.3, 0.4) is 0 Å². The van der Waals surface area contributed by atoms with Crippen molar-refractivity contribution >= 4 is 33.6 Å². The van der Waals surface area contributed by atoms with E-state index in [0.29, 0.717) is 37.5 Å². The molecule has 0 bridgehead atoms. The number of urea groups is 1. The number of nitrogens with zero attached hydrogens (tertiary/aromatic N) is 1. The predicted molar refractivity (Wildman–Crippen MR) is 123 cm³/mol.